The van der Waals surface area contributed by atoms with Crippen LogP contribution in [0.4, 0.5) is 5.82 Å². The number of pyridine rings is 1. The molecule has 3 heterocycles. The van der Waals surface area contributed by atoms with E-state index in [2.05, 4.69) is 20.3 Å². The highest BCUT2D eigenvalue weighted by atomic mass is 16.2. The summed E-state index contributed by atoms with van der Waals surface area (Å²) in [5, 5.41) is 8.33. The molecule has 7 nitrogen and oxygen atoms in total. The van der Waals surface area contributed by atoms with E-state index < -0.39 is 0 Å². The first-order valence-corrected chi connectivity index (χ1v) is 10.8. The maximum absolute atomic E-state index is 13.1. The molecule has 0 saturated carbocycles. The van der Waals surface area contributed by atoms with Crippen LogP contribution in [0.15, 0.2) is 77.7 Å². The summed E-state index contributed by atoms with van der Waals surface area (Å²) in [5.41, 5.74) is 1.47. The predicted molar refractivity (Wildman–Crippen MR) is 124 cm³/mol. The smallest absolute Gasteiger partial charge is 0.279 e. The van der Waals surface area contributed by atoms with Gasteiger partial charge in [-0.05, 0) is 42.7 Å². The molecule has 1 fully saturated rings. The predicted octanol–water partition coefficient (Wildman–Crippen LogP) is 3.31. The van der Waals surface area contributed by atoms with Gasteiger partial charge in [-0.15, -0.1) is 0 Å². The molecule has 0 bridgehead atoms. The van der Waals surface area contributed by atoms with E-state index in [1.165, 1.54) is 17.5 Å². The molecule has 1 saturated heterocycles. The number of carbonyl (C=O) groups is 1. The number of benzene rings is 2. The number of hydrogen-bond acceptors (Lipinski definition) is 5. The highest BCUT2D eigenvalue weighted by molar-refractivity contribution is 6.04. The van der Waals surface area contributed by atoms with Crippen molar-refractivity contribution in [2.75, 3.05) is 18.0 Å². The molecule has 32 heavy (non-hydrogen) atoms. The van der Waals surface area contributed by atoms with Gasteiger partial charge in [0.25, 0.3) is 11.5 Å². The lowest BCUT2D eigenvalue weighted by Crippen LogP contribution is -2.29. The fraction of sp³-hybridized carbons (Fsp3) is 0.200. The van der Waals surface area contributed by atoms with Crippen LogP contribution < -0.4 is 15.8 Å². The van der Waals surface area contributed by atoms with E-state index in [0.717, 1.165) is 24.5 Å². The maximum atomic E-state index is 13.1. The Hall–Kier alpha value is -4.00. The number of hydrogen-bond donors (Lipinski definition) is 1. The molecule has 2 aromatic carbocycles. The summed E-state index contributed by atoms with van der Waals surface area (Å²) in [7, 11) is 0. The number of rotatable bonds is 5. The number of nitrogens with one attached hydrogen (secondary N) is 1. The summed E-state index contributed by atoms with van der Waals surface area (Å²) >= 11 is 0. The molecule has 0 radical (unpaired) electrons. The van der Waals surface area contributed by atoms with Crippen molar-refractivity contribution in [1.82, 2.24) is 20.1 Å². The Bertz CT molecular complexity index is 1310. The van der Waals surface area contributed by atoms with Crippen LogP contribution in [0.2, 0.25) is 0 Å². The summed E-state index contributed by atoms with van der Waals surface area (Å²) in [5.74, 6) is 0.634. The molecule has 0 spiro atoms. The molecule has 0 atom stereocenters. The summed E-state index contributed by atoms with van der Waals surface area (Å²) in [6, 6.07) is 20.1. The lowest BCUT2D eigenvalue weighted by Gasteiger charge is -2.16. The number of carbonyl (C=O) groups excluding carboxylic acids is 1. The SMILES string of the molecule is O=C(NCc1ccc(N2CCCC2)nc1)c1nn(-c2ccccc2)c(=O)c2ccccc12. The number of fused-ring (bicyclic) bond motifs is 1. The molecule has 0 unspecified atom stereocenters. The summed E-state index contributed by atoms with van der Waals surface area (Å²) in [6.45, 7) is 2.41. The van der Waals surface area contributed by atoms with Crippen LogP contribution >= 0.6 is 0 Å². The third-order valence-electron chi connectivity index (χ3n) is 5.71. The first-order chi connectivity index (χ1) is 15.7. The van der Waals surface area contributed by atoms with E-state index in [4.69, 9.17) is 0 Å². The average molecular weight is 425 g/mol. The summed E-state index contributed by atoms with van der Waals surface area (Å²) < 4.78 is 1.28. The van der Waals surface area contributed by atoms with Crippen molar-refractivity contribution in [3.63, 3.8) is 0 Å². The van der Waals surface area contributed by atoms with Gasteiger partial charge in [-0.25, -0.2) is 4.98 Å². The number of anilines is 1. The van der Waals surface area contributed by atoms with Crippen molar-refractivity contribution in [1.29, 1.82) is 0 Å². The molecule has 1 amide bonds. The molecule has 160 valence electrons. The minimum Gasteiger partial charge on any atom is -0.357 e. The normalized spacial score (nSPS) is 13.4. The van der Waals surface area contributed by atoms with Gasteiger partial charge in [0.15, 0.2) is 5.69 Å². The first kappa shape index (κ1) is 19.9. The molecule has 5 rings (SSSR count). The first-order valence-electron chi connectivity index (χ1n) is 10.8. The van der Waals surface area contributed by atoms with Crippen LogP contribution in [0.3, 0.4) is 0 Å². The number of aromatic nitrogens is 3. The second-order valence-corrected chi connectivity index (χ2v) is 7.85. The Labute approximate surface area is 185 Å². The lowest BCUT2D eigenvalue weighted by molar-refractivity contribution is 0.0946. The van der Waals surface area contributed by atoms with Gasteiger partial charge in [-0.3, -0.25) is 9.59 Å². The molecule has 2 aromatic heterocycles. The molecular formula is C25H23N5O2. The van der Waals surface area contributed by atoms with E-state index in [1.54, 1.807) is 42.6 Å². The van der Waals surface area contributed by atoms with Crippen molar-refractivity contribution < 1.29 is 4.79 Å². The quantitative estimate of drug-likeness (QED) is 0.531. The lowest BCUT2D eigenvalue weighted by atomic mass is 10.1. The van der Waals surface area contributed by atoms with Gasteiger partial charge in [0.05, 0.1) is 11.1 Å². The number of para-hydroxylation sites is 1. The third-order valence-corrected chi connectivity index (χ3v) is 5.71. The zero-order valence-electron chi connectivity index (χ0n) is 17.6. The Kier molecular flexibility index (Phi) is 5.37. The largest absolute Gasteiger partial charge is 0.357 e. The minimum atomic E-state index is -0.338. The average Bonchev–Trinajstić information content (AvgIpc) is 3.39. The molecule has 1 aliphatic rings. The van der Waals surface area contributed by atoms with Crippen molar-refractivity contribution in [2.45, 2.75) is 19.4 Å². The second kappa shape index (κ2) is 8.63. The Morgan fingerprint density at radius 2 is 1.62 bits per heavy atom. The Morgan fingerprint density at radius 3 is 2.34 bits per heavy atom. The molecule has 4 aromatic rings. The van der Waals surface area contributed by atoms with Gasteiger partial charge in [0.2, 0.25) is 0 Å². The van der Waals surface area contributed by atoms with Crippen LogP contribution in [0.5, 0.6) is 0 Å². The molecular weight excluding hydrogens is 402 g/mol. The second-order valence-electron chi connectivity index (χ2n) is 7.85. The van der Waals surface area contributed by atoms with E-state index in [-0.39, 0.29) is 17.2 Å². The zero-order valence-corrected chi connectivity index (χ0v) is 17.6. The maximum Gasteiger partial charge on any atom is 0.279 e. The van der Waals surface area contributed by atoms with Crippen LogP contribution in [0.1, 0.15) is 28.9 Å². The van der Waals surface area contributed by atoms with Gasteiger partial charge in [-0.1, -0.05) is 42.5 Å². The molecule has 0 aliphatic carbocycles. The fourth-order valence-corrected chi connectivity index (χ4v) is 4.02. The van der Waals surface area contributed by atoms with Crippen LogP contribution in [-0.4, -0.2) is 33.8 Å². The highest BCUT2D eigenvalue weighted by Gasteiger charge is 2.18. The summed E-state index contributed by atoms with van der Waals surface area (Å²) in [6.07, 6.45) is 4.20. The monoisotopic (exact) mass is 425 g/mol. The van der Waals surface area contributed by atoms with Crippen molar-refractivity contribution in [3.8, 4) is 5.69 Å². The van der Waals surface area contributed by atoms with Crippen molar-refractivity contribution in [2.24, 2.45) is 0 Å². The van der Waals surface area contributed by atoms with Crippen LogP contribution in [0, 0.1) is 0 Å². The molecule has 1 aliphatic heterocycles. The van der Waals surface area contributed by atoms with Gasteiger partial charge >= 0.3 is 0 Å². The molecule has 7 heteroatoms. The van der Waals surface area contributed by atoms with Gasteiger partial charge < -0.3 is 10.2 Å². The number of nitrogens with zero attached hydrogens (tertiary/aromatic N) is 4. The van der Waals surface area contributed by atoms with Crippen LogP contribution in [0.25, 0.3) is 16.5 Å². The standard InChI is InChI=1S/C25H23N5O2/c31-24(27-17-18-12-13-22(26-16-18)29-14-6-7-15-29)23-20-10-4-5-11-21(20)25(32)30(28-23)19-8-2-1-3-9-19/h1-5,8-13,16H,6-7,14-15,17H2,(H,27,31). The van der Waals surface area contributed by atoms with E-state index >= 15 is 0 Å². The topological polar surface area (TPSA) is 80.1 Å². The van der Waals surface area contributed by atoms with Gasteiger partial charge in [0, 0.05) is 31.2 Å². The zero-order chi connectivity index (χ0) is 21.9. The van der Waals surface area contributed by atoms with Crippen LogP contribution in [-0.2, 0) is 6.54 Å². The van der Waals surface area contributed by atoms with Gasteiger partial charge in [0.1, 0.15) is 5.82 Å². The highest BCUT2D eigenvalue weighted by Crippen LogP contribution is 2.18. The molecule has 1 N–H and O–H groups in total. The fourth-order valence-electron chi connectivity index (χ4n) is 4.02. The van der Waals surface area contributed by atoms with E-state index in [9.17, 15) is 9.59 Å². The van der Waals surface area contributed by atoms with Crippen molar-refractivity contribution >= 4 is 22.5 Å². The van der Waals surface area contributed by atoms with Gasteiger partial charge in [-0.2, -0.15) is 9.78 Å². The Morgan fingerprint density at radius 1 is 0.906 bits per heavy atom. The van der Waals surface area contributed by atoms with E-state index in [0.29, 0.717) is 23.0 Å². The third kappa shape index (κ3) is 3.85. The van der Waals surface area contributed by atoms with E-state index in [1.807, 2.05) is 30.3 Å². The minimum absolute atomic E-state index is 0.214. The Balaban J connectivity index is 1.42. The number of amides is 1. The van der Waals surface area contributed by atoms with Crippen molar-refractivity contribution in [3.05, 3.63) is 94.5 Å². The summed E-state index contributed by atoms with van der Waals surface area (Å²) in [4.78, 5) is 32.9.